The Morgan fingerprint density at radius 2 is 1.77 bits per heavy atom. The van der Waals surface area contributed by atoms with E-state index in [2.05, 4.69) is 6.92 Å². The summed E-state index contributed by atoms with van der Waals surface area (Å²) >= 11 is 0. The maximum Gasteiger partial charge on any atom is 0.132 e. The van der Waals surface area contributed by atoms with Crippen LogP contribution in [0.1, 0.15) is 52.4 Å². The van der Waals surface area contributed by atoms with Gasteiger partial charge in [0.05, 0.1) is 0 Å². The van der Waals surface area contributed by atoms with Crippen LogP contribution in [0.4, 0.5) is 0 Å². The van der Waals surface area contributed by atoms with Gasteiger partial charge in [-0.1, -0.05) is 26.7 Å². The highest BCUT2D eigenvalue weighted by Gasteiger charge is 1.97. The van der Waals surface area contributed by atoms with E-state index in [4.69, 9.17) is 4.74 Å². The predicted molar refractivity (Wildman–Crippen MR) is 54.9 cm³/mol. The summed E-state index contributed by atoms with van der Waals surface area (Å²) in [7, 11) is 0. The average Bonchev–Trinajstić information content (AvgIpc) is 2.16. The Hall–Kier alpha value is -0.370. The van der Waals surface area contributed by atoms with E-state index >= 15 is 0 Å². The molecule has 2 nitrogen and oxygen atoms in total. The zero-order chi connectivity index (χ0) is 9.94. The zero-order valence-electron chi connectivity index (χ0n) is 8.97. The van der Waals surface area contributed by atoms with Crippen LogP contribution in [-0.2, 0) is 9.53 Å². The second kappa shape index (κ2) is 9.72. The smallest absolute Gasteiger partial charge is 0.132 e. The molecule has 13 heavy (non-hydrogen) atoms. The van der Waals surface area contributed by atoms with Crippen molar-refractivity contribution in [3.8, 4) is 0 Å². The number of hydrogen-bond donors (Lipinski definition) is 0. The molecule has 0 atom stereocenters. The third kappa shape index (κ3) is 9.54. The molecule has 0 aliphatic carbocycles. The Bertz CT molecular complexity index is 121. The Morgan fingerprint density at radius 1 is 1.08 bits per heavy atom. The lowest BCUT2D eigenvalue weighted by Crippen LogP contribution is -2.01. The molecule has 0 aromatic carbocycles. The highest BCUT2D eigenvalue weighted by Crippen LogP contribution is 1.98. The van der Waals surface area contributed by atoms with Gasteiger partial charge in [-0.05, 0) is 12.8 Å². The molecule has 78 valence electrons. The van der Waals surface area contributed by atoms with Crippen LogP contribution in [0.15, 0.2) is 0 Å². The van der Waals surface area contributed by atoms with Crippen LogP contribution in [0.2, 0.25) is 0 Å². The summed E-state index contributed by atoms with van der Waals surface area (Å²) in [6, 6.07) is 0. The third-order valence-corrected chi connectivity index (χ3v) is 2.03. The zero-order valence-corrected chi connectivity index (χ0v) is 8.97. The molecule has 0 N–H and O–H groups in total. The lowest BCUT2D eigenvalue weighted by atomic mass is 10.2. The minimum atomic E-state index is 0.345. The van der Waals surface area contributed by atoms with Crippen molar-refractivity contribution in [1.82, 2.24) is 0 Å². The first-order valence-electron chi connectivity index (χ1n) is 5.40. The van der Waals surface area contributed by atoms with E-state index < -0.39 is 0 Å². The van der Waals surface area contributed by atoms with Crippen molar-refractivity contribution < 1.29 is 9.53 Å². The van der Waals surface area contributed by atoms with Crippen molar-refractivity contribution in [2.45, 2.75) is 52.4 Å². The molecule has 0 spiro atoms. The van der Waals surface area contributed by atoms with E-state index in [1.54, 1.807) is 0 Å². The molecular weight excluding hydrogens is 164 g/mol. The fraction of sp³-hybridized carbons (Fsp3) is 0.909. The standard InChI is InChI=1S/C11H22O2/c1-3-5-6-9-13-10-7-8-11(12)4-2/h3-10H2,1-2H3. The maximum atomic E-state index is 10.9. The van der Waals surface area contributed by atoms with E-state index in [1.807, 2.05) is 6.92 Å². The lowest BCUT2D eigenvalue weighted by molar-refractivity contribution is -0.119. The quantitative estimate of drug-likeness (QED) is 0.517. The topological polar surface area (TPSA) is 26.3 Å². The molecule has 0 saturated carbocycles. The second-order valence-corrected chi connectivity index (χ2v) is 3.32. The SMILES string of the molecule is CCCCCOCCCC(=O)CC. The molecule has 0 saturated heterocycles. The van der Waals surface area contributed by atoms with Gasteiger partial charge >= 0.3 is 0 Å². The highest BCUT2D eigenvalue weighted by atomic mass is 16.5. The first-order valence-corrected chi connectivity index (χ1v) is 5.40. The summed E-state index contributed by atoms with van der Waals surface area (Å²) in [5.74, 6) is 0.345. The molecule has 0 heterocycles. The average molecular weight is 186 g/mol. The van der Waals surface area contributed by atoms with Crippen molar-refractivity contribution in [2.24, 2.45) is 0 Å². The number of carbonyl (C=O) groups excluding carboxylic acids is 1. The van der Waals surface area contributed by atoms with Crippen molar-refractivity contribution in [3.63, 3.8) is 0 Å². The number of hydrogen-bond acceptors (Lipinski definition) is 2. The molecule has 0 fully saturated rings. The predicted octanol–water partition coefficient (Wildman–Crippen LogP) is 2.95. The minimum absolute atomic E-state index is 0.345. The Morgan fingerprint density at radius 3 is 2.38 bits per heavy atom. The third-order valence-electron chi connectivity index (χ3n) is 2.03. The molecule has 0 aromatic heterocycles. The molecule has 0 aromatic rings. The summed E-state index contributed by atoms with van der Waals surface area (Å²) in [6.07, 6.45) is 5.86. The van der Waals surface area contributed by atoms with E-state index in [0.717, 1.165) is 26.1 Å². The van der Waals surface area contributed by atoms with Crippen LogP contribution in [0, 0.1) is 0 Å². The van der Waals surface area contributed by atoms with Gasteiger partial charge in [0, 0.05) is 26.1 Å². The van der Waals surface area contributed by atoms with Gasteiger partial charge < -0.3 is 4.74 Å². The molecule has 0 radical (unpaired) electrons. The summed E-state index contributed by atoms with van der Waals surface area (Å²) in [5, 5.41) is 0. The summed E-state index contributed by atoms with van der Waals surface area (Å²) in [5.41, 5.74) is 0. The largest absolute Gasteiger partial charge is 0.381 e. The number of ketones is 1. The summed E-state index contributed by atoms with van der Waals surface area (Å²) < 4.78 is 5.38. The number of carbonyl (C=O) groups is 1. The van der Waals surface area contributed by atoms with E-state index in [0.29, 0.717) is 18.6 Å². The van der Waals surface area contributed by atoms with Crippen LogP contribution < -0.4 is 0 Å². The maximum absolute atomic E-state index is 10.9. The van der Waals surface area contributed by atoms with Crippen LogP contribution >= 0.6 is 0 Å². The van der Waals surface area contributed by atoms with Crippen LogP contribution in [0.5, 0.6) is 0 Å². The number of rotatable bonds is 9. The number of ether oxygens (including phenoxy) is 1. The van der Waals surface area contributed by atoms with Crippen molar-refractivity contribution in [3.05, 3.63) is 0 Å². The van der Waals surface area contributed by atoms with Crippen molar-refractivity contribution in [1.29, 1.82) is 0 Å². The van der Waals surface area contributed by atoms with Gasteiger partial charge in [-0.15, -0.1) is 0 Å². The van der Waals surface area contributed by atoms with E-state index in [9.17, 15) is 4.79 Å². The van der Waals surface area contributed by atoms with Gasteiger partial charge in [0.2, 0.25) is 0 Å². The minimum Gasteiger partial charge on any atom is -0.381 e. The molecule has 0 bridgehead atoms. The van der Waals surface area contributed by atoms with E-state index in [1.165, 1.54) is 12.8 Å². The first kappa shape index (κ1) is 12.6. The Balaban J connectivity index is 2.95. The van der Waals surface area contributed by atoms with Gasteiger partial charge in [-0.2, -0.15) is 0 Å². The van der Waals surface area contributed by atoms with Crippen molar-refractivity contribution in [2.75, 3.05) is 13.2 Å². The lowest BCUT2D eigenvalue weighted by Gasteiger charge is -2.02. The number of Topliss-reactive ketones (excluding diaryl/α,β-unsaturated/α-hetero) is 1. The summed E-state index contributed by atoms with van der Waals surface area (Å²) in [4.78, 5) is 10.9. The molecular formula is C11H22O2. The number of unbranched alkanes of at least 4 members (excludes halogenated alkanes) is 2. The van der Waals surface area contributed by atoms with Crippen LogP contribution in [-0.4, -0.2) is 19.0 Å². The van der Waals surface area contributed by atoms with Gasteiger partial charge in [0.1, 0.15) is 5.78 Å². The molecule has 0 aliphatic rings. The van der Waals surface area contributed by atoms with Gasteiger partial charge in [-0.3, -0.25) is 4.79 Å². The Labute approximate surface area is 81.7 Å². The molecule has 0 unspecified atom stereocenters. The fourth-order valence-electron chi connectivity index (χ4n) is 1.10. The normalized spacial score (nSPS) is 10.3. The molecule has 2 heteroatoms. The fourth-order valence-corrected chi connectivity index (χ4v) is 1.10. The van der Waals surface area contributed by atoms with Gasteiger partial charge in [0.15, 0.2) is 0 Å². The molecule has 0 rings (SSSR count). The monoisotopic (exact) mass is 186 g/mol. The van der Waals surface area contributed by atoms with Gasteiger partial charge in [0.25, 0.3) is 0 Å². The van der Waals surface area contributed by atoms with Gasteiger partial charge in [-0.25, -0.2) is 0 Å². The van der Waals surface area contributed by atoms with Crippen molar-refractivity contribution >= 4 is 5.78 Å². The molecule has 0 amide bonds. The summed E-state index contributed by atoms with van der Waals surface area (Å²) in [6.45, 7) is 5.69. The first-order chi connectivity index (χ1) is 6.31. The van der Waals surface area contributed by atoms with Crippen LogP contribution in [0.25, 0.3) is 0 Å². The highest BCUT2D eigenvalue weighted by molar-refractivity contribution is 5.77. The Kier molecular flexibility index (Phi) is 9.44. The molecule has 0 aliphatic heterocycles. The van der Waals surface area contributed by atoms with E-state index in [-0.39, 0.29) is 0 Å². The second-order valence-electron chi connectivity index (χ2n) is 3.32. The van der Waals surface area contributed by atoms with Crippen LogP contribution in [0.3, 0.4) is 0 Å².